The van der Waals surface area contributed by atoms with E-state index in [0.29, 0.717) is 32.5 Å². The molecule has 206 valence electrons. The maximum Gasteiger partial charge on any atom is 0.222 e. The third kappa shape index (κ3) is 8.90. The zero-order chi connectivity index (χ0) is 26.5. The molecular formula is C28H45N5O3S. The molecule has 1 aliphatic heterocycles. The molecule has 0 aliphatic carbocycles. The number of rotatable bonds is 16. The van der Waals surface area contributed by atoms with E-state index in [1.54, 1.807) is 18.0 Å². The minimum atomic E-state index is 0.0917. The molecule has 1 atom stereocenters. The lowest BCUT2D eigenvalue weighted by atomic mass is 10.1. The lowest BCUT2D eigenvalue weighted by Crippen LogP contribution is -2.55. The van der Waals surface area contributed by atoms with E-state index < -0.39 is 0 Å². The number of aromatic nitrogens is 3. The van der Waals surface area contributed by atoms with Crippen molar-refractivity contribution in [2.24, 2.45) is 0 Å². The normalized spacial score (nSPS) is 15.9. The summed E-state index contributed by atoms with van der Waals surface area (Å²) in [6.07, 6.45) is 13.1. The van der Waals surface area contributed by atoms with Gasteiger partial charge in [0.25, 0.3) is 0 Å². The Bertz CT molecular complexity index is 946. The third-order valence-electron chi connectivity index (χ3n) is 7.09. The Hall–Kier alpha value is -2.29. The van der Waals surface area contributed by atoms with Gasteiger partial charge in [-0.05, 0) is 45.2 Å². The van der Waals surface area contributed by atoms with Crippen molar-refractivity contribution >= 4 is 23.6 Å². The molecule has 9 heteroatoms. The Morgan fingerprint density at radius 1 is 0.973 bits per heavy atom. The quantitative estimate of drug-likeness (QED) is 0.194. The van der Waals surface area contributed by atoms with E-state index in [4.69, 9.17) is 4.42 Å². The molecule has 0 aromatic carbocycles. The second-order valence-corrected chi connectivity index (χ2v) is 11.0. The highest BCUT2D eigenvalue weighted by Gasteiger charge is 2.29. The zero-order valence-corrected chi connectivity index (χ0v) is 23.8. The third-order valence-corrected chi connectivity index (χ3v) is 8.14. The standard InChI is InChI=1S/C28H45N5O3S/c1-4-6-7-8-9-10-11-17-26(35)33-19-18-31(22-23(33)3)25(34)16-12-13-21-37-28-30-29-27(32(28)5-2)24-15-14-20-36-24/h14-15,20,23H,4-13,16-19,21-22H2,1-3H3. The van der Waals surface area contributed by atoms with E-state index >= 15 is 0 Å². The summed E-state index contributed by atoms with van der Waals surface area (Å²) < 4.78 is 7.53. The van der Waals surface area contributed by atoms with E-state index in [0.717, 1.165) is 54.7 Å². The Morgan fingerprint density at radius 2 is 1.70 bits per heavy atom. The molecule has 2 amide bonds. The van der Waals surface area contributed by atoms with Crippen molar-refractivity contribution in [2.75, 3.05) is 25.4 Å². The van der Waals surface area contributed by atoms with Crippen LogP contribution in [0.2, 0.25) is 0 Å². The van der Waals surface area contributed by atoms with Crippen molar-refractivity contribution in [1.82, 2.24) is 24.6 Å². The summed E-state index contributed by atoms with van der Waals surface area (Å²) >= 11 is 1.67. The molecule has 0 radical (unpaired) electrons. The average molecular weight is 532 g/mol. The van der Waals surface area contributed by atoms with Gasteiger partial charge in [0.1, 0.15) is 0 Å². The summed E-state index contributed by atoms with van der Waals surface area (Å²) in [5.74, 6) is 2.81. The molecule has 0 saturated carbocycles. The van der Waals surface area contributed by atoms with Crippen LogP contribution in [-0.2, 0) is 16.1 Å². The molecule has 1 saturated heterocycles. The number of carbonyl (C=O) groups is 2. The molecule has 1 fully saturated rings. The first-order valence-corrected chi connectivity index (χ1v) is 15.2. The molecule has 0 N–H and O–H groups in total. The minimum absolute atomic E-state index is 0.0917. The van der Waals surface area contributed by atoms with Gasteiger partial charge in [0.2, 0.25) is 11.8 Å². The Labute approximate surface area is 226 Å². The molecule has 0 spiro atoms. The van der Waals surface area contributed by atoms with Crippen LogP contribution in [0.25, 0.3) is 11.6 Å². The maximum absolute atomic E-state index is 12.8. The van der Waals surface area contributed by atoms with E-state index in [-0.39, 0.29) is 17.9 Å². The fraction of sp³-hybridized carbons (Fsp3) is 0.714. The molecule has 2 aromatic rings. The van der Waals surface area contributed by atoms with Crippen LogP contribution in [0.5, 0.6) is 0 Å². The van der Waals surface area contributed by atoms with Gasteiger partial charge in [-0.25, -0.2) is 0 Å². The first kappa shape index (κ1) is 29.3. The van der Waals surface area contributed by atoms with Crippen LogP contribution in [-0.4, -0.2) is 67.8 Å². The van der Waals surface area contributed by atoms with Gasteiger partial charge in [-0.2, -0.15) is 0 Å². The van der Waals surface area contributed by atoms with Gasteiger partial charge >= 0.3 is 0 Å². The van der Waals surface area contributed by atoms with Crippen LogP contribution in [0.3, 0.4) is 0 Å². The van der Waals surface area contributed by atoms with Crippen molar-refractivity contribution in [1.29, 1.82) is 0 Å². The summed E-state index contributed by atoms with van der Waals surface area (Å²) in [5.41, 5.74) is 0. The summed E-state index contributed by atoms with van der Waals surface area (Å²) in [7, 11) is 0. The van der Waals surface area contributed by atoms with E-state index in [9.17, 15) is 9.59 Å². The fourth-order valence-electron chi connectivity index (χ4n) is 4.90. The number of carbonyl (C=O) groups excluding carboxylic acids is 2. The fourth-order valence-corrected chi connectivity index (χ4v) is 5.90. The molecule has 2 aromatic heterocycles. The topological polar surface area (TPSA) is 84.5 Å². The van der Waals surface area contributed by atoms with Crippen molar-refractivity contribution in [3.8, 4) is 11.6 Å². The maximum atomic E-state index is 12.8. The Balaban J connectivity index is 1.30. The summed E-state index contributed by atoms with van der Waals surface area (Å²) in [4.78, 5) is 29.4. The largest absolute Gasteiger partial charge is 0.461 e. The number of amides is 2. The van der Waals surface area contributed by atoms with Gasteiger partial charge in [0.05, 0.1) is 6.26 Å². The zero-order valence-electron chi connectivity index (χ0n) is 23.0. The molecule has 8 nitrogen and oxygen atoms in total. The van der Waals surface area contributed by atoms with Crippen molar-refractivity contribution in [3.63, 3.8) is 0 Å². The number of nitrogens with zero attached hydrogens (tertiary/aromatic N) is 5. The lowest BCUT2D eigenvalue weighted by Gasteiger charge is -2.40. The lowest BCUT2D eigenvalue weighted by molar-refractivity contribution is -0.142. The van der Waals surface area contributed by atoms with Gasteiger partial charge < -0.3 is 14.2 Å². The molecular weight excluding hydrogens is 486 g/mol. The summed E-state index contributed by atoms with van der Waals surface area (Å²) in [6, 6.07) is 3.83. The molecule has 1 aliphatic rings. The summed E-state index contributed by atoms with van der Waals surface area (Å²) in [6.45, 7) is 9.09. The highest BCUT2D eigenvalue weighted by Crippen LogP contribution is 2.25. The second kappa shape index (κ2) is 15.8. The van der Waals surface area contributed by atoms with Crippen molar-refractivity contribution < 1.29 is 14.0 Å². The highest BCUT2D eigenvalue weighted by molar-refractivity contribution is 7.99. The smallest absolute Gasteiger partial charge is 0.222 e. The second-order valence-electron chi connectivity index (χ2n) is 9.98. The number of thioether (sulfide) groups is 1. The van der Waals surface area contributed by atoms with Gasteiger partial charge in [-0.3, -0.25) is 14.2 Å². The number of hydrogen-bond donors (Lipinski definition) is 0. The Kier molecular flexibility index (Phi) is 12.5. The van der Waals surface area contributed by atoms with Crippen molar-refractivity contribution in [2.45, 2.75) is 109 Å². The average Bonchev–Trinajstić information content (AvgIpc) is 3.57. The van der Waals surface area contributed by atoms with Crippen LogP contribution in [0.1, 0.15) is 91.4 Å². The number of piperazine rings is 1. The number of furan rings is 1. The van der Waals surface area contributed by atoms with Gasteiger partial charge in [0, 0.05) is 50.8 Å². The molecule has 3 heterocycles. The molecule has 3 rings (SSSR count). The van der Waals surface area contributed by atoms with Gasteiger partial charge in [-0.1, -0.05) is 57.2 Å². The summed E-state index contributed by atoms with van der Waals surface area (Å²) in [5, 5.41) is 9.49. The highest BCUT2D eigenvalue weighted by atomic mass is 32.2. The monoisotopic (exact) mass is 531 g/mol. The predicted molar refractivity (Wildman–Crippen MR) is 148 cm³/mol. The predicted octanol–water partition coefficient (Wildman–Crippen LogP) is 6.02. The van der Waals surface area contributed by atoms with E-state index in [1.807, 2.05) is 21.9 Å². The van der Waals surface area contributed by atoms with Crippen molar-refractivity contribution in [3.05, 3.63) is 18.4 Å². The van der Waals surface area contributed by atoms with Crippen LogP contribution in [0.4, 0.5) is 0 Å². The first-order chi connectivity index (χ1) is 18.0. The van der Waals surface area contributed by atoms with Crippen LogP contribution < -0.4 is 0 Å². The van der Waals surface area contributed by atoms with Gasteiger partial charge in [0.15, 0.2) is 16.7 Å². The van der Waals surface area contributed by atoms with Crippen LogP contribution >= 0.6 is 11.8 Å². The SMILES string of the molecule is CCCCCCCCCC(=O)N1CCN(C(=O)CCCCSc2nnc(-c3ccco3)n2CC)CC1C. The molecule has 0 bridgehead atoms. The molecule has 37 heavy (non-hydrogen) atoms. The van der Waals surface area contributed by atoms with E-state index in [2.05, 4.69) is 35.5 Å². The minimum Gasteiger partial charge on any atom is -0.461 e. The van der Waals surface area contributed by atoms with Crippen LogP contribution in [0, 0.1) is 0 Å². The van der Waals surface area contributed by atoms with E-state index in [1.165, 1.54) is 32.1 Å². The Morgan fingerprint density at radius 3 is 2.41 bits per heavy atom. The molecule has 1 unspecified atom stereocenters. The van der Waals surface area contributed by atoms with Crippen LogP contribution in [0.15, 0.2) is 28.0 Å². The van der Waals surface area contributed by atoms with Gasteiger partial charge in [-0.15, -0.1) is 10.2 Å². The number of hydrogen-bond acceptors (Lipinski definition) is 6. The first-order valence-electron chi connectivity index (χ1n) is 14.2. The number of unbranched alkanes of at least 4 members (excludes halogenated alkanes) is 7.